The van der Waals surface area contributed by atoms with E-state index in [0.29, 0.717) is 5.56 Å². The SMILES string of the molecule is CCCCO[C@@H](C)CC[C@H](C)Oc1ccc(-c2ccc(C(=O)O)cc2)cc1. The van der Waals surface area contributed by atoms with Crippen LogP contribution in [0.3, 0.4) is 0 Å². The molecule has 0 saturated carbocycles. The minimum atomic E-state index is -0.913. The molecule has 27 heavy (non-hydrogen) atoms. The standard InChI is InChI=1S/C23H30O4/c1-4-5-16-26-17(2)6-7-18(3)27-22-14-12-20(13-15-22)19-8-10-21(11-9-19)23(24)25/h8-15,17-18H,4-7,16H2,1-3H3,(H,24,25)/t17-,18-/m0/s1. The second-order valence-electron chi connectivity index (χ2n) is 6.95. The summed E-state index contributed by atoms with van der Waals surface area (Å²) < 4.78 is 11.8. The van der Waals surface area contributed by atoms with Crippen molar-refractivity contribution < 1.29 is 19.4 Å². The molecule has 0 aliphatic carbocycles. The summed E-state index contributed by atoms with van der Waals surface area (Å²) in [6.45, 7) is 7.20. The van der Waals surface area contributed by atoms with Crippen LogP contribution in [0.25, 0.3) is 11.1 Å². The Morgan fingerprint density at radius 3 is 2.04 bits per heavy atom. The van der Waals surface area contributed by atoms with E-state index in [1.54, 1.807) is 12.1 Å². The summed E-state index contributed by atoms with van der Waals surface area (Å²) >= 11 is 0. The number of benzene rings is 2. The van der Waals surface area contributed by atoms with Crippen molar-refractivity contribution in [3.63, 3.8) is 0 Å². The Bertz CT molecular complexity index is 691. The van der Waals surface area contributed by atoms with Crippen molar-refractivity contribution in [1.82, 2.24) is 0 Å². The summed E-state index contributed by atoms with van der Waals surface area (Å²) in [6, 6.07) is 14.8. The highest BCUT2D eigenvalue weighted by Crippen LogP contribution is 2.24. The van der Waals surface area contributed by atoms with Crippen LogP contribution in [-0.4, -0.2) is 29.9 Å². The molecule has 0 unspecified atom stereocenters. The van der Waals surface area contributed by atoms with Crippen LogP contribution in [0.4, 0.5) is 0 Å². The summed E-state index contributed by atoms with van der Waals surface area (Å²) in [4.78, 5) is 10.9. The quantitative estimate of drug-likeness (QED) is 0.508. The van der Waals surface area contributed by atoms with Crippen molar-refractivity contribution in [2.45, 2.75) is 58.7 Å². The zero-order chi connectivity index (χ0) is 19.6. The maximum Gasteiger partial charge on any atom is 0.335 e. The third-order valence-electron chi connectivity index (χ3n) is 4.54. The number of hydrogen-bond acceptors (Lipinski definition) is 3. The first kappa shape index (κ1) is 21.0. The molecule has 0 radical (unpaired) electrons. The summed E-state index contributed by atoms with van der Waals surface area (Å²) in [7, 11) is 0. The molecular weight excluding hydrogens is 340 g/mol. The molecule has 2 rings (SSSR count). The lowest BCUT2D eigenvalue weighted by Gasteiger charge is -2.18. The molecule has 0 bridgehead atoms. The molecule has 0 fully saturated rings. The fourth-order valence-electron chi connectivity index (χ4n) is 2.80. The third kappa shape index (κ3) is 7.06. The second kappa shape index (κ2) is 10.7. The number of carboxylic acid groups (broad SMARTS) is 1. The van der Waals surface area contributed by atoms with Crippen LogP contribution in [0.15, 0.2) is 48.5 Å². The molecule has 0 heterocycles. The second-order valence-corrected chi connectivity index (χ2v) is 6.95. The Morgan fingerprint density at radius 1 is 0.926 bits per heavy atom. The van der Waals surface area contributed by atoms with Gasteiger partial charge in [0.05, 0.1) is 17.8 Å². The Balaban J connectivity index is 1.83. The van der Waals surface area contributed by atoms with Gasteiger partial charge in [-0.05, 0) is 68.5 Å². The van der Waals surface area contributed by atoms with Gasteiger partial charge >= 0.3 is 5.97 Å². The molecule has 0 aliphatic rings. The van der Waals surface area contributed by atoms with Crippen LogP contribution in [0.1, 0.15) is 56.8 Å². The highest BCUT2D eigenvalue weighted by molar-refractivity contribution is 5.88. The van der Waals surface area contributed by atoms with Crippen LogP contribution < -0.4 is 4.74 Å². The van der Waals surface area contributed by atoms with E-state index in [-0.39, 0.29) is 12.2 Å². The smallest absolute Gasteiger partial charge is 0.335 e. The zero-order valence-corrected chi connectivity index (χ0v) is 16.5. The lowest BCUT2D eigenvalue weighted by Crippen LogP contribution is -2.16. The fourth-order valence-corrected chi connectivity index (χ4v) is 2.80. The summed E-state index contributed by atoms with van der Waals surface area (Å²) in [5.74, 6) is -0.0719. The maximum atomic E-state index is 10.9. The van der Waals surface area contributed by atoms with Gasteiger partial charge in [-0.25, -0.2) is 4.79 Å². The topological polar surface area (TPSA) is 55.8 Å². The molecule has 2 aromatic carbocycles. The highest BCUT2D eigenvalue weighted by Gasteiger charge is 2.09. The van der Waals surface area contributed by atoms with Gasteiger partial charge in [0.1, 0.15) is 5.75 Å². The van der Waals surface area contributed by atoms with Gasteiger partial charge in [0, 0.05) is 6.61 Å². The van der Waals surface area contributed by atoms with Gasteiger partial charge in [0.15, 0.2) is 0 Å². The van der Waals surface area contributed by atoms with Gasteiger partial charge < -0.3 is 14.6 Å². The number of carboxylic acids is 1. The van der Waals surface area contributed by atoms with Crippen LogP contribution >= 0.6 is 0 Å². The average Bonchev–Trinajstić information content (AvgIpc) is 2.67. The number of rotatable bonds is 11. The first-order valence-electron chi connectivity index (χ1n) is 9.71. The minimum Gasteiger partial charge on any atom is -0.491 e. The van der Waals surface area contributed by atoms with E-state index in [1.165, 1.54) is 0 Å². The predicted molar refractivity (Wildman–Crippen MR) is 108 cm³/mol. The largest absolute Gasteiger partial charge is 0.491 e. The van der Waals surface area contributed by atoms with E-state index < -0.39 is 5.97 Å². The zero-order valence-electron chi connectivity index (χ0n) is 16.5. The minimum absolute atomic E-state index is 0.128. The lowest BCUT2D eigenvalue weighted by molar-refractivity contribution is 0.0491. The molecule has 0 amide bonds. The van der Waals surface area contributed by atoms with Gasteiger partial charge in [-0.3, -0.25) is 0 Å². The van der Waals surface area contributed by atoms with E-state index >= 15 is 0 Å². The molecule has 1 N–H and O–H groups in total. The first-order valence-corrected chi connectivity index (χ1v) is 9.71. The van der Waals surface area contributed by atoms with Crippen molar-refractivity contribution in [3.05, 3.63) is 54.1 Å². The Labute approximate surface area is 162 Å². The van der Waals surface area contributed by atoms with Gasteiger partial charge in [0.25, 0.3) is 0 Å². The molecular formula is C23H30O4. The molecule has 0 saturated heterocycles. The molecule has 4 heteroatoms. The van der Waals surface area contributed by atoms with Crippen molar-refractivity contribution in [1.29, 1.82) is 0 Å². The van der Waals surface area contributed by atoms with Crippen molar-refractivity contribution in [2.75, 3.05) is 6.61 Å². The molecule has 4 nitrogen and oxygen atoms in total. The van der Waals surface area contributed by atoms with Gasteiger partial charge in [-0.2, -0.15) is 0 Å². The van der Waals surface area contributed by atoms with Crippen molar-refractivity contribution in [2.24, 2.45) is 0 Å². The summed E-state index contributed by atoms with van der Waals surface area (Å²) in [5, 5.41) is 8.97. The van der Waals surface area contributed by atoms with Crippen LogP contribution in [-0.2, 0) is 4.74 Å². The average molecular weight is 370 g/mol. The van der Waals surface area contributed by atoms with Crippen LogP contribution in [0, 0.1) is 0 Å². The summed E-state index contributed by atoms with van der Waals surface area (Å²) in [5.41, 5.74) is 2.31. The molecule has 2 aromatic rings. The molecule has 0 aliphatic heterocycles. The lowest BCUT2D eigenvalue weighted by atomic mass is 10.0. The number of aromatic carboxylic acids is 1. The van der Waals surface area contributed by atoms with Crippen LogP contribution in [0.2, 0.25) is 0 Å². The molecule has 0 aromatic heterocycles. The van der Waals surface area contributed by atoms with Crippen LogP contribution in [0.5, 0.6) is 5.75 Å². The van der Waals surface area contributed by atoms with Gasteiger partial charge in [-0.1, -0.05) is 37.6 Å². The molecule has 0 spiro atoms. The van der Waals surface area contributed by atoms with Crippen molar-refractivity contribution >= 4 is 5.97 Å². The predicted octanol–water partition coefficient (Wildman–Crippen LogP) is 5.80. The van der Waals surface area contributed by atoms with E-state index in [1.807, 2.05) is 36.4 Å². The number of hydrogen-bond donors (Lipinski definition) is 1. The Morgan fingerprint density at radius 2 is 1.48 bits per heavy atom. The maximum absolute atomic E-state index is 10.9. The van der Waals surface area contributed by atoms with Gasteiger partial charge in [0.2, 0.25) is 0 Å². The fraction of sp³-hybridized carbons (Fsp3) is 0.435. The van der Waals surface area contributed by atoms with Crippen molar-refractivity contribution in [3.8, 4) is 16.9 Å². The first-order chi connectivity index (χ1) is 13.0. The van der Waals surface area contributed by atoms with E-state index in [4.69, 9.17) is 14.6 Å². The van der Waals surface area contributed by atoms with E-state index in [0.717, 1.165) is 49.2 Å². The highest BCUT2D eigenvalue weighted by atomic mass is 16.5. The normalized spacial score (nSPS) is 13.1. The molecule has 146 valence electrons. The summed E-state index contributed by atoms with van der Waals surface area (Å²) in [6.07, 6.45) is 4.60. The molecule has 2 atom stereocenters. The number of carbonyl (C=O) groups is 1. The Kier molecular flexibility index (Phi) is 8.34. The van der Waals surface area contributed by atoms with E-state index in [2.05, 4.69) is 20.8 Å². The van der Waals surface area contributed by atoms with Gasteiger partial charge in [-0.15, -0.1) is 0 Å². The van der Waals surface area contributed by atoms with E-state index in [9.17, 15) is 4.79 Å². The third-order valence-corrected chi connectivity index (χ3v) is 4.54. The monoisotopic (exact) mass is 370 g/mol. The Hall–Kier alpha value is -2.33. The number of unbranched alkanes of at least 4 members (excludes halogenated alkanes) is 1. The number of ether oxygens (including phenoxy) is 2.